The Kier molecular flexibility index (Phi) is 1.84. The molecule has 4 unspecified atom stereocenters. The van der Waals surface area contributed by atoms with Crippen molar-refractivity contribution in [3.63, 3.8) is 0 Å². The standard InChI is InChI=1S/C15H20N2/c1-8-3-2-4-11(14(8)16)17-15-12-9-5-6-10(7-9)13(12)15/h2-4,9-10,12-13,15,17H,5-7,16H2,1H3. The van der Waals surface area contributed by atoms with Crippen LogP contribution in [0.5, 0.6) is 0 Å². The van der Waals surface area contributed by atoms with Crippen molar-refractivity contribution in [2.75, 3.05) is 11.1 Å². The van der Waals surface area contributed by atoms with Crippen LogP contribution in [0.4, 0.5) is 11.4 Å². The molecular weight excluding hydrogens is 208 g/mol. The Morgan fingerprint density at radius 1 is 1.18 bits per heavy atom. The zero-order chi connectivity index (χ0) is 11.6. The van der Waals surface area contributed by atoms with E-state index >= 15 is 0 Å². The second kappa shape index (κ2) is 3.18. The van der Waals surface area contributed by atoms with E-state index in [1.54, 1.807) is 0 Å². The number of rotatable bonds is 2. The Bertz CT molecular complexity index is 452. The van der Waals surface area contributed by atoms with Crippen molar-refractivity contribution in [3.8, 4) is 0 Å². The Labute approximate surface area is 103 Å². The fraction of sp³-hybridized carbons (Fsp3) is 0.600. The molecule has 0 aliphatic heterocycles. The third-order valence-corrected chi connectivity index (χ3v) is 5.38. The first-order valence-corrected chi connectivity index (χ1v) is 6.87. The van der Waals surface area contributed by atoms with Gasteiger partial charge >= 0.3 is 0 Å². The summed E-state index contributed by atoms with van der Waals surface area (Å²) in [6, 6.07) is 7.03. The molecule has 3 aliphatic carbocycles. The molecule has 17 heavy (non-hydrogen) atoms. The van der Waals surface area contributed by atoms with Gasteiger partial charge < -0.3 is 11.1 Å². The normalized spacial score (nSPS) is 41.4. The summed E-state index contributed by atoms with van der Waals surface area (Å²) in [5, 5.41) is 3.70. The molecule has 1 aromatic carbocycles. The third kappa shape index (κ3) is 1.27. The van der Waals surface area contributed by atoms with E-state index in [-0.39, 0.29) is 0 Å². The Balaban J connectivity index is 1.55. The van der Waals surface area contributed by atoms with Gasteiger partial charge in [0.2, 0.25) is 0 Å². The quantitative estimate of drug-likeness (QED) is 0.764. The monoisotopic (exact) mass is 228 g/mol. The summed E-state index contributed by atoms with van der Waals surface area (Å²) >= 11 is 0. The Morgan fingerprint density at radius 3 is 2.59 bits per heavy atom. The van der Waals surface area contributed by atoms with Crippen LogP contribution in [-0.4, -0.2) is 6.04 Å². The van der Waals surface area contributed by atoms with Gasteiger partial charge in [-0.25, -0.2) is 0 Å². The Hall–Kier alpha value is -1.18. The summed E-state index contributed by atoms with van der Waals surface area (Å²) in [5.41, 5.74) is 9.41. The van der Waals surface area contributed by atoms with Crippen LogP contribution in [0.15, 0.2) is 18.2 Å². The van der Waals surface area contributed by atoms with Gasteiger partial charge in [-0.1, -0.05) is 12.1 Å². The van der Waals surface area contributed by atoms with Crippen molar-refractivity contribution in [2.24, 2.45) is 23.7 Å². The summed E-state index contributed by atoms with van der Waals surface area (Å²) in [6.45, 7) is 2.08. The van der Waals surface area contributed by atoms with Crippen LogP contribution in [0.1, 0.15) is 24.8 Å². The molecule has 1 aromatic rings. The van der Waals surface area contributed by atoms with Crippen molar-refractivity contribution < 1.29 is 0 Å². The van der Waals surface area contributed by atoms with Gasteiger partial charge in [0.05, 0.1) is 11.4 Å². The van der Waals surface area contributed by atoms with Gasteiger partial charge in [-0.2, -0.15) is 0 Å². The number of nitrogen functional groups attached to an aromatic ring is 1. The summed E-state index contributed by atoms with van der Waals surface area (Å²) < 4.78 is 0. The molecule has 2 bridgehead atoms. The number of benzene rings is 1. The van der Waals surface area contributed by atoms with Crippen LogP contribution >= 0.6 is 0 Å². The molecule has 3 saturated carbocycles. The van der Waals surface area contributed by atoms with Crippen LogP contribution in [-0.2, 0) is 0 Å². The van der Waals surface area contributed by atoms with Crippen LogP contribution < -0.4 is 11.1 Å². The average Bonchev–Trinajstić information content (AvgIpc) is 2.72. The van der Waals surface area contributed by atoms with Gasteiger partial charge in [0.15, 0.2) is 0 Å². The third-order valence-electron chi connectivity index (χ3n) is 5.38. The predicted octanol–water partition coefficient (Wildman–Crippen LogP) is 3.03. The van der Waals surface area contributed by atoms with Gasteiger partial charge in [-0.05, 0) is 61.5 Å². The second-order valence-electron chi connectivity index (χ2n) is 6.19. The lowest BCUT2D eigenvalue weighted by atomic mass is 10.0. The zero-order valence-electron chi connectivity index (χ0n) is 10.3. The van der Waals surface area contributed by atoms with Crippen LogP contribution in [0.25, 0.3) is 0 Å². The average molecular weight is 228 g/mol. The number of fused-ring (bicyclic) bond motifs is 5. The van der Waals surface area contributed by atoms with Gasteiger partial charge in [-0.15, -0.1) is 0 Å². The molecule has 90 valence electrons. The maximum absolute atomic E-state index is 6.13. The molecule has 4 atom stereocenters. The topological polar surface area (TPSA) is 38.0 Å². The zero-order valence-corrected chi connectivity index (χ0v) is 10.3. The fourth-order valence-corrected chi connectivity index (χ4v) is 4.50. The molecule has 0 spiro atoms. The van der Waals surface area contributed by atoms with Crippen molar-refractivity contribution in [1.82, 2.24) is 0 Å². The highest BCUT2D eigenvalue weighted by Crippen LogP contribution is 2.66. The lowest BCUT2D eigenvalue weighted by Gasteiger charge is -2.14. The highest BCUT2D eigenvalue weighted by Gasteiger charge is 2.65. The number of para-hydroxylation sites is 1. The SMILES string of the molecule is Cc1cccc(NC2C3C4CCC(C4)C23)c1N. The van der Waals surface area contributed by atoms with Crippen molar-refractivity contribution in [1.29, 1.82) is 0 Å². The van der Waals surface area contributed by atoms with Crippen molar-refractivity contribution >= 4 is 11.4 Å². The second-order valence-corrected chi connectivity index (χ2v) is 6.19. The first-order valence-electron chi connectivity index (χ1n) is 6.87. The van der Waals surface area contributed by atoms with Crippen LogP contribution in [0, 0.1) is 30.6 Å². The molecule has 0 heterocycles. The molecular formula is C15H20N2. The molecule has 3 fully saturated rings. The minimum absolute atomic E-state index is 0.727. The van der Waals surface area contributed by atoms with Crippen LogP contribution in [0.3, 0.4) is 0 Å². The van der Waals surface area contributed by atoms with E-state index in [0.717, 1.165) is 41.1 Å². The Morgan fingerprint density at radius 2 is 1.88 bits per heavy atom. The van der Waals surface area contributed by atoms with Crippen molar-refractivity contribution in [3.05, 3.63) is 23.8 Å². The van der Waals surface area contributed by atoms with E-state index in [4.69, 9.17) is 5.73 Å². The van der Waals surface area contributed by atoms with Crippen molar-refractivity contribution in [2.45, 2.75) is 32.2 Å². The smallest absolute Gasteiger partial charge is 0.0579 e. The minimum Gasteiger partial charge on any atom is -0.397 e. The van der Waals surface area contributed by atoms with Gasteiger partial charge in [0, 0.05) is 6.04 Å². The highest BCUT2D eigenvalue weighted by atomic mass is 15.0. The van der Waals surface area contributed by atoms with Gasteiger partial charge in [0.25, 0.3) is 0 Å². The van der Waals surface area contributed by atoms with E-state index < -0.39 is 0 Å². The summed E-state index contributed by atoms with van der Waals surface area (Å²) in [6.07, 6.45) is 4.47. The number of hydrogen-bond donors (Lipinski definition) is 2. The molecule has 0 saturated heterocycles. The summed E-state index contributed by atoms with van der Waals surface area (Å²) in [7, 11) is 0. The summed E-state index contributed by atoms with van der Waals surface area (Å²) in [4.78, 5) is 0. The number of hydrogen-bond acceptors (Lipinski definition) is 2. The molecule has 0 aromatic heterocycles. The number of aryl methyl sites for hydroxylation is 1. The molecule has 0 radical (unpaired) electrons. The maximum Gasteiger partial charge on any atom is 0.0579 e. The number of nitrogens with one attached hydrogen (secondary N) is 1. The van der Waals surface area contributed by atoms with E-state index in [1.807, 2.05) is 0 Å². The summed E-state index contributed by atoms with van der Waals surface area (Å²) in [5.74, 6) is 3.98. The maximum atomic E-state index is 6.13. The van der Waals surface area contributed by atoms with Gasteiger partial charge in [0.1, 0.15) is 0 Å². The van der Waals surface area contributed by atoms with E-state index in [2.05, 4.69) is 30.4 Å². The first-order chi connectivity index (χ1) is 8.25. The van der Waals surface area contributed by atoms with E-state index in [1.165, 1.54) is 24.8 Å². The minimum atomic E-state index is 0.727. The van der Waals surface area contributed by atoms with Crippen LogP contribution in [0.2, 0.25) is 0 Å². The number of anilines is 2. The first kappa shape index (κ1) is 9.81. The number of nitrogens with two attached hydrogens (primary N) is 1. The highest BCUT2D eigenvalue weighted by molar-refractivity contribution is 5.70. The van der Waals surface area contributed by atoms with E-state index in [9.17, 15) is 0 Å². The molecule has 4 rings (SSSR count). The lowest BCUT2D eigenvalue weighted by molar-refractivity contribution is 0.456. The molecule has 3 aliphatic rings. The molecule has 0 amide bonds. The van der Waals surface area contributed by atoms with E-state index in [0.29, 0.717) is 0 Å². The molecule has 2 nitrogen and oxygen atoms in total. The molecule has 3 N–H and O–H groups in total. The lowest BCUT2D eigenvalue weighted by Crippen LogP contribution is -2.14. The van der Waals surface area contributed by atoms with Gasteiger partial charge in [-0.3, -0.25) is 0 Å². The fourth-order valence-electron chi connectivity index (χ4n) is 4.50. The predicted molar refractivity (Wildman–Crippen MR) is 70.8 cm³/mol. The molecule has 2 heteroatoms. The largest absolute Gasteiger partial charge is 0.397 e.